The normalized spacial score (nSPS) is 21.8. The third-order valence-corrected chi connectivity index (χ3v) is 3.64. The van der Waals surface area contributed by atoms with Crippen LogP contribution in [0.2, 0.25) is 0 Å². The molecule has 18 heavy (non-hydrogen) atoms. The van der Waals surface area contributed by atoms with Crippen molar-refractivity contribution >= 4 is 0 Å². The van der Waals surface area contributed by atoms with Gasteiger partial charge in [-0.05, 0) is 45.9 Å². The predicted octanol–water partition coefficient (Wildman–Crippen LogP) is 3.30. The van der Waals surface area contributed by atoms with Gasteiger partial charge in [0.2, 0.25) is 0 Å². The molecule has 2 rings (SSSR count). The van der Waals surface area contributed by atoms with Crippen molar-refractivity contribution in [2.24, 2.45) is 0 Å². The van der Waals surface area contributed by atoms with Gasteiger partial charge in [0.15, 0.2) is 6.29 Å². The van der Waals surface area contributed by atoms with Gasteiger partial charge in [0, 0.05) is 5.56 Å². The predicted molar refractivity (Wildman–Crippen MR) is 64.2 cm³/mol. The Morgan fingerprint density at radius 1 is 1.17 bits per heavy atom. The minimum atomic E-state index is -0.634. The van der Waals surface area contributed by atoms with Crippen molar-refractivity contribution < 1.29 is 13.9 Å². The molecule has 1 aromatic rings. The van der Waals surface area contributed by atoms with Gasteiger partial charge in [0.1, 0.15) is 5.82 Å². The molecule has 4 heteroatoms. The highest BCUT2D eigenvalue weighted by molar-refractivity contribution is 5.39. The first kappa shape index (κ1) is 13.0. The van der Waals surface area contributed by atoms with E-state index in [1.54, 1.807) is 0 Å². The summed E-state index contributed by atoms with van der Waals surface area (Å²) in [7, 11) is 0. The summed E-state index contributed by atoms with van der Waals surface area (Å²) in [5.74, 6) is -0.438. The largest absolute Gasteiger partial charge is 0.339 e. The van der Waals surface area contributed by atoms with E-state index < -0.39 is 23.3 Å². The summed E-state index contributed by atoms with van der Waals surface area (Å²) in [6, 6.07) is 6.01. The molecular weight excluding hydrogens is 233 g/mol. The molecule has 0 spiro atoms. The van der Waals surface area contributed by atoms with Crippen molar-refractivity contribution in [1.82, 2.24) is 0 Å². The lowest BCUT2D eigenvalue weighted by Gasteiger charge is -2.30. The zero-order valence-electron chi connectivity index (χ0n) is 11.0. The third-order valence-electron chi connectivity index (χ3n) is 3.64. The number of halogens is 1. The number of hydrogen-bond acceptors (Lipinski definition) is 3. The van der Waals surface area contributed by atoms with Crippen LogP contribution in [0.3, 0.4) is 0 Å². The van der Waals surface area contributed by atoms with Crippen LogP contribution in [0.1, 0.15) is 45.1 Å². The lowest BCUT2D eigenvalue weighted by molar-refractivity contribution is -0.0897. The van der Waals surface area contributed by atoms with Crippen LogP contribution >= 0.6 is 0 Å². The number of rotatable bonds is 1. The SMILES string of the molecule is CC1(C)OC(c2ccc(F)cc2C#N)OC1(C)C. The molecule has 3 nitrogen and oxygen atoms in total. The van der Waals surface area contributed by atoms with Gasteiger partial charge < -0.3 is 9.47 Å². The molecule has 1 aliphatic rings. The average Bonchev–Trinajstić information content (AvgIpc) is 2.47. The Kier molecular flexibility index (Phi) is 2.92. The number of nitriles is 1. The van der Waals surface area contributed by atoms with Crippen LogP contribution < -0.4 is 0 Å². The van der Waals surface area contributed by atoms with Gasteiger partial charge >= 0.3 is 0 Å². The second-order valence-corrected chi connectivity index (χ2v) is 5.43. The van der Waals surface area contributed by atoms with E-state index in [1.165, 1.54) is 18.2 Å². The summed E-state index contributed by atoms with van der Waals surface area (Å²) in [4.78, 5) is 0. The number of benzene rings is 1. The van der Waals surface area contributed by atoms with Crippen LogP contribution in [0.15, 0.2) is 18.2 Å². The van der Waals surface area contributed by atoms with Gasteiger partial charge in [-0.15, -0.1) is 0 Å². The molecule has 1 saturated heterocycles. The van der Waals surface area contributed by atoms with E-state index in [2.05, 4.69) is 0 Å². The molecule has 0 N–H and O–H groups in total. The van der Waals surface area contributed by atoms with Gasteiger partial charge in [-0.2, -0.15) is 5.26 Å². The van der Waals surface area contributed by atoms with E-state index in [4.69, 9.17) is 14.7 Å². The molecule has 0 aliphatic carbocycles. The summed E-state index contributed by atoms with van der Waals surface area (Å²) in [6.07, 6.45) is -0.634. The Bertz CT molecular complexity index is 501. The van der Waals surface area contributed by atoms with Crippen LogP contribution in [0.5, 0.6) is 0 Å². The molecule has 0 radical (unpaired) electrons. The highest BCUT2D eigenvalue weighted by atomic mass is 19.1. The Balaban J connectivity index is 2.39. The van der Waals surface area contributed by atoms with Crippen molar-refractivity contribution in [1.29, 1.82) is 5.26 Å². The summed E-state index contributed by atoms with van der Waals surface area (Å²) in [5, 5.41) is 9.04. The van der Waals surface area contributed by atoms with Crippen LogP contribution in [0.4, 0.5) is 4.39 Å². The minimum absolute atomic E-state index is 0.244. The molecule has 1 aromatic carbocycles. The number of nitrogens with zero attached hydrogens (tertiary/aromatic N) is 1. The summed E-state index contributed by atoms with van der Waals surface area (Å²) < 4.78 is 24.8. The molecule has 1 heterocycles. The van der Waals surface area contributed by atoms with Crippen molar-refractivity contribution in [3.8, 4) is 6.07 Å². The number of ether oxygens (including phenoxy) is 2. The zero-order valence-corrected chi connectivity index (χ0v) is 11.0. The van der Waals surface area contributed by atoms with Gasteiger partial charge in [0.05, 0.1) is 22.8 Å². The van der Waals surface area contributed by atoms with Gasteiger partial charge in [-0.1, -0.05) is 0 Å². The highest BCUT2D eigenvalue weighted by Gasteiger charge is 2.49. The minimum Gasteiger partial charge on any atom is -0.339 e. The fraction of sp³-hybridized carbons (Fsp3) is 0.500. The maximum absolute atomic E-state index is 13.1. The highest BCUT2D eigenvalue weighted by Crippen LogP contribution is 2.45. The first-order chi connectivity index (χ1) is 8.27. The lowest BCUT2D eigenvalue weighted by Crippen LogP contribution is -2.41. The van der Waals surface area contributed by atoms with Crippen molar-refractivity contribution in [2.45, 2.75) is 45.2 Å². The second kappa shape index (κ2) is 4.04. The summed E-state index contributed by atoms with van der Waals surface area (Å²) >= 11 is 0. The van der Waals surface area contributed by atoms with Gasteiger partial charge in [-0.25, -0.2) is 4.39 Å². The third kappa shape index (κ3) is 2.00. The van der Waals surface area contributed by atoms with E-state index >= 15 is 0 Å². The fourth-order valence-electron chi connectivity index (χ4n) is 1.80. The molecule has 0 amide bonds. The molecule has 1 aliphatic heterocycles. The Hall–Kier alpha value is -1.44. The van der Waals surface area contributed by atoms with E-state index in [0.29, 0.717) is 5.56 Å². The maximum Gasteiger partial charge on any atom is 0.186 e. The number of hydrogen-bond donors (Lipinski definition) is 0. The van der Waals surface area contributed by atoms with Gasteiger partial charge in [0.25, 0.3) is 0 Å². The van der Waals surface area contributed by atoms with Crippen LogP contribution in [0, 0.1) is 17.1 Å². The van der Waals surface area contributed by atoms with Crippen LogP contribution in [-0.2, 0) is 9.47 Å². The van der Waals surface area contributed by atoms with Crippen molar-refractivity contribution in [2.75, 3.05) is 0 Å². The van der Waals surface area contributed by atoms with Gasteiger partial charge in [-0.3, -0.25) is 0 Å². The molecule has 0 unspecified atom stereocenters. The quantitative estimate of drug-likeness (QED) is 0.766. The first-order valence-electron chi connectivity index (χ1n) is 5.82. The lowest BCUT2D eigenvalue weighted by atomic mass is 9.90. The fourth-order valence-corrected chi connectivity index (χ4v) is 1.80. The maximum atomic E-state index is 13.1. The average molecular weight is 249 g/mol. The smallest absolute Gasteiger partial charge is 0.186 e. The Morgan fingerprint density at radius 3 is 2.22 bits per heavy atom. The Labute approximate surface area is 106 Å². The molecule has 0 aromatic heterocycles. The zero-order chi connectivity index (χ0) is 13.6. The van der Waals surface area contributed by atoms with Crippen molar-refractivity contribution in [3.63, 3.8) is 0 Å². The van der Waals surface area contributed by atoms with E-state index in [0.717, 1.165) is 0 Å². The standard InChI is InChI=1S/C14H16FNO2/c1-13(2)14(3,4)18-12(17-13)11-6-5-10(15)7-9(11)8-16/h5-7,12H,1-4H3. The molecule has 0 atom stereocenters. The monoisotopic (exact) mass is 249 g/mol. The van der Waals surface area contributed by atoms with Crippen LogP contribution in [0.25, 0.3) is 0 Å². The van der Waals surface area contributed by atoms with Crippen LogP contribution in [-0.4, -0.2) is 11.2 Å². The Morgan fingerprint density at radius 2 is 1.72 bits per heavy atom. The van der Waals surface area contributed by atoms with E-state index in [9.17, 15) is 4.39 Å². The molecule has 1 fully saturated rings. The molecule has 96 valence electrons. The topological polar surface area (TPSA) is 42.2 Å². The second-order valence-electron chi connectivity index (χ2n) is 5.43. The molecular formula is C14H16FNO2. The molecule has 0 saturated carbocycles. The first-order valence-corrected chi connectivity index (χ1v) is 5.82. The van der Waals surface area contributed by atoms with E-state index in [1.807, 2.05) is 33.8 Å². The van der Waals surface area contributed by atoms with Crippen molar-refractivity contribution in [3.05, 3.63) is 35.1 Å². The summed E-state index contributed by atoms with van der Waals surface area (Å²) in [5.41, 5.74) is -0.136. The van der Waals surface area contributed by atoms with E-state index in [-0.39, 0.29) is 5.56 Å². The molecule has 0 bridgehead atoms. The summed E-state index contributed by atoms with van der Waals surface area (Å²) in [6.45, 7) is 7.73.